The number of aromatic nitrogens is 1. The Bertz CT molecular complexity index is 496. The van der Waals surface area contributed by atoms with Crippen molar-refractivity contribution in [3.05, 3.63) is 24.4 Å². The summed E-state index contributed by atoms with van der Waals surface area (Å²) in [6.45, 7) is 3.18. The van der Waals surface area contributed by atoms with Crippen LogP contribution in [0.5, 0.6) is 0 Å². The van der Waals surface area contributed by atoms with E-state index in [4.69, 9.17) is 0 Å². The Balaban J connectivity index is 1.47. The van der Waals surface area contributed by atoms with E-state index in [1.54, 1.807) is 6.20 Å². The summed E-state index contributed by atoms with van der Waals surface area (Å²) in [5, 5.41) is 12.4. The van der Waals surface area contributed by atoms with Crippen molar-refractivity contribution in [1.82, 2.24) is 15.2 Å². The number of hydrogen-bond donors (Lipinski definition) is 2. The van der Waals surface area contributed by atoms with Gasteiger partial charge in [-0.05, 0) is 37.9 Å². The fourth-order valence-corrected chi connectivity index (χ4v) is 3.39. The van der Waals surface area contributed by atoms with Gasteiger partial charge in [-0.2, -0.15) is 0 Å². The molecule has 2 saturated heterocycles. The monoisotopic (exact) mass is 304 g/mol. The molecule has 1 amide bonds. The van der Waals surface area contributed by atoms with Gasteiger partial charge in [0, 0.05) is 31.4 Å². The van der Waals surface area contributed by atoms with Crippen molar-refractivity contribution in [1.29, 1.82) is 0 Å². The molecule has 3 heterocycles. The molecule has 2 aliphatic heterocycles. The first kappa shape index (κ1) is 15.2. The molecule has 2 atom stereocenters. The molecule has 22 heavy (non-hydrogen) atoms. The number of hydrogen-bond acceptors (Lipinski definition) is 5. The third kappa shape index (κ3) is 3.56. The fraction of sp³-hybridized carbons (Fsp3) is 0.625. The zero-order valence-electron chi connectivity index (χ0n) is 12.8. The van der Waals surface area contributed by atoms with Gasteiger partial charge in [0.25, 0.3) is 0 Å². The van der Waals surface area contributed by atoms with Gasteiger partial charge in [-0.3, -0.25) is 9.69 Å². The van der Waals surface area contributed by atoms with E-state index in [1.807, 2.05) is 18.2 Å². The van der Waals surface area contributed by atoms with E-state index >= 15 is 0 Å². The van der Waals surface area contributed by atoms with Crippen LogP contribution in [0.15, 0.2) is 24.4 Å². The number of aliphatic hydroxyl groups excluding tert-OH is 1. The van der Waals surface area contributed by atoms with Gasteiger partial charge >= 0.3 is 0 Å². The fourth-order valence-electron chi connectivity index (χ4n) is 3.39. The zero-order chi connectivity index (χ0) is 15.4. The van der Waals surface area contributed by atoms with Crippen LogP contribution in [-0.2, 0) is 4.79 Å². The number of carbonyl (C=O) groups excluding carboxylic acids is 1. The molecule has 120 valence electrons. The maximum absolute atomic E-state index is 12.2. The summed E-state index contributed by atoms with van der Waals surface area (Å²) in [4.78, 5) is 20.8. The van der Waals surface area contributed by atoms with Crippen LogP contribution in [-0.4, -0.2) is 65.8 Å². The molecule has 0 aliphatic carbocycles. The molecular formula is C16H24N4O2. The van der Waals surface area contributed by atoms with Crippen molar-refractivity contribution < 1.29 is 9.90 Å². The standard InChI is InChI=1S/C16H24N4O2/c21-12-14-4-3-8-19(14)11-16(22)18-13-6-9-20(10-13)15-5-1-2-7-17-15/h1-2,5,7,13-14,21H,3-4,6,8-12H2,(H,18,22)/t13-,14+/m0/s1. The van der Waals surface area contributed by atoms with Crippen LogP contribution in [0.25, 0.3) is 0 Å². The number of pyridine rings is 1. The minimum atomic E-state index is 0.0632. The predicted octanol–water partition coefficient (Wildman–Crippen LogP) is 0.233. The van der Waals surface area contributed by atoms with Gasteiger partial charge < -0.3 is 15.3 Å². The Kier molecular flexibility index (Phi) is 4.90. The molecule has 2 fully saturated rings. The van der Waals surface area contributed by atoms with E-state index in [2.05, 4.69) is 20.1 Å². The highest BCUT2D eigenvalue weighted by atomic mass is 16.3. The van der Waals surface area contributed by atoms with Gasteiger partial charge in [0.05, 0.1) is 13.2 Å². The van der Waals surface area contributed by atoms with Crippen LogP contribution in [0, 0.1) is 0 Å². The summed E-state index contributed by atoms with van der Waals surface area (Å²) in [5.41, 5.74) is 0. The second kappa shape index (κ2) is 7.07. The lowest BCUT2D eigenvalue weighted by Crippen LogP contribution is -2.45. The molecule has 0 bridgehead atoms. The van der Waals surface area contributed by atoms with Crippen LogP contribution < -0.4 is 10.2 Å². The van der Waals surface area contributed by atoms with Crippen molar-refractivity contribution >= 4 is 11.7 Å². The average molecular weight is 304 g/mol. The van der Waals surface area contributed by atoms with Crippen molar-refractivity contribution in [3.8, 4) is 0 Å². The molecule has 3 rings (SSSR count). The largest absolute Gasteiger partial charge is 0.395 e. The van der Waals surface area contributed by atoms with Gasteiger partial charge in [-0.25, -0.2) is 4.98 Å². The number of rotatable bonds is 5. The molecule has 0 unspecified atom stereocenters. The molecule has 2 aliphatic rings. The van der Waals surface area contributed by atoms with E-state index in [-0.39, 0.29) is 24.6 Å². The molecular weight excluding hydrogens is 280 g/mol. The third-order valence-corrected chi connectivity index (χ3v) is 4.58. The maximum Gasteiger partial charge on any atom is 0.234 e. The Labute approximate surface area is 131 Å². The summed E-state index contributed by atoms with van der Waals surface area (Å²) in [6, 6.07) is 6.23. The number of amides is 1. The molecule has 0 saturated carbocycles. The van der Waals surface area contributed by atoms with Gasteiger partial charge in [0.15, 0.2) is 0 Å². The molecule has 0 aromatic carbocycles. The van der Waals surface area contributed by atoms with Gasteiger partial charge in [-0.1, -0.05) is 6.07 Å². The second-order valence-corrected chi connectivity index (χ2v) is 6.14. The quantitative estimate of drug-likeness (QED) is 0.815. The SMILES string of the molecule is O=C(CN1CCC[C@@H]1CO)N[C@H]1CCN(c2ccccn2)C1. The number of nitrogens with zero attached hydrogens (tertiary/aromatic N) is 3. The van der Waals surface area contributed by atoms with Crippen LogP contribution in [0.2, 0.25) is 0 Å². The highest BCUT2D eigenvalue weighted by Gasteiger charge is 2.28. The van der Waals surface area contributed by atoms with Crippen LogP contribution >= 0.6 is 0 Å². The second-order valence-electron chi connectivity index (χ2n) is 6.14. The molecule has 2 N–H and O–H groups in total. The van der Waals surface area contributed by atoms with E-state index < -0.39 is 0 Å². The number of nitrogens with one attached hydrogen (secondary N) is 1. The van der Waals surface area contributed by atoms with Crippen molar-refractivity contribution in [2.75, 3.05) is 37.7 Å². The predicted molar refractivity (Wildman–Crippen MR) is 84.7 cm³/mol. The van der Waals surface area contributed by atoms with E-state index in [0.29, 0.717) is 6.54 Å². The van der Waals surface area contributed by atoms with Crippen LogP contribution in [0.4, 0.5) is 5.82 Å². The van der Waals surface area contributed by atoms with Crippen molar-refractivity contribution in [2.45, 2.75) is 31.3 Å². The Hall–Kier alpha value is -1.66. The van der Waals surface area contributed by atoms with Crippen molar-refractivity contribution in [3.63, 3.8) is 0 Å². The number of carbonyl (C=O) groups is 1. The minimum absolute atomic E-state index is 0.0632. The molecule has 6 heteroatoms. The van der Waals surface area contributed by atoms with Crippen molar-refractivity contribution in [2.24, 2.45) is 0 Å². The molecule has 1 aromatic rings. The first-order chi connectivity index (χ1) is 10.8. The molecule has 1 aromatic heterocycles. The van der Waals surface area contributed by atoms with E-state index in [9.17, 15) is 9.90 Å². The summed E-state index contributed by atoms with van der Waals surface area (Å²) < 4.78 is 0. The Morgan fingerprint density at radius 1 is 1.36 bits per heavy atom. The minimum Gasteiger partial charge on any atom is -0.395 e. The Morgan fingerprint density at radius 2 is 2.27 bits per heavy atom. The summed E-state index contributed by atoms with van der Waals surface area (Å²) >= 11 is 0. The topological polar surface area (TPSA) is 68.7 Å². The van der Waals surface area contributed by atoms with E-state index in [1.165, 1.54) is 0 Å². The highest BCUT2D eigenvalue weighted by molar-refractivity contribution is 5.78. The lowest BCUT2D eigenvalue weighted by molar-refractivity contribution is -0.123. The average Bonchev–Trinajstić information content (AvgIpc) is 3.17. The maximum atomic E-state index is 12.2. The highest BCUT2D eigenvalue weighted by Crippen LogP contribution is 2.18. The first-order valence-corrected chi connectivity index (χ1v) is 8.06. The van der Waals surface area contributed by atoms with Gasteiger partial charge in [0.2, 0.25) is 5.91 Å². The smallest absolute Gasteiger partial charge is 0.234 e. The van der Waals surface area contributed by atoms with Crippen LogP contribution in [0.1, 0.15) is 19.3 Å². The molecule has 6 nitrogen and oxygen atoms in total. The van der Waals surface area contributed by atoms with Gasteiger partial charge in [0.1, 0.15) is 5.82 Å². The normalized spacial score (nSPS) is 25.6. The Morgan fingerprint density at radius 3 is 3.05 bits per heavy atom. The summed E-state index contributed by atoms with van der Waals surface area (Å²) in [7, 11) is 0. The van der Waals surface area contributed by atoms with E-state index in [0.717, 1.165) is 44.7 Å². The lowest BCUT2D eigenvalue weighted by Gasteiger charge is -2.23. The third-order valence-electron chi connectivity index (χ3n) is 4.58. The van der Waals surface area contributed by atoms with Gasteiger partial charge in [-0.15, -0.1) is 0 Å². The zero-order valence-corrected chi connectivity index (χ0v) is 12.8. The number of anilines is 1. The van der Waals surface area contributed by atoms with Crippen LogP contribution in [0.3, 0.4) is 0 Å². The summed E-state index contributed by atoms with van der Waals surface area (Å²) in [5.74, 6) is 1.03. The number of likely N-dealkylation sites (tertiary alicyclic amines) is 1. The number of aliphatic hydroxyl groups is 1. The first-order valence-electron chi connectivity index (χ1n) is 8.06. The lowest BCUT2D eigenvalue weighted by atomic mass is 10.2. The summed E-state index contributed by atoms with van der Waals surface area (Å²) in [6.07, 6.45) is 4.80. The molecule has 0 spiro atoms. The molecule has 0 radical (unpaired) electrons.